The summed E-state index contributed by atoms with van der Waals surface area (Å²) >= 11 is 0. The Labute approximate surface area is 163 Å². The summed E-state index contributed by atoms with van der Waals surface area (Å²) in [7, 11) is 1.60. The van der Waals surface area contributed by atoms with Gasteiger partial charge in [-0.1, -0.05) is 42.3 Å². The molecule has 2 N–H and O–H groups in total. The Morgan fingerprint density at radius 3 is 1.93 bits per heavy atom. The summed E-state index contributed by atoms with van der Waals surface area (Å²) in [5, 5.41) is 20.8. The van der Waals surface area contributed by atoms with E-state index in [4.69, 9.17) is 11.2 Å². The number of phenols is 2. The number of carbonyl (C=O) groups excluding carboxylic acids is 1. The molecule has 4 rings (SSSR count). The van der Waals surface area contributed by atoms with E-state index in [1.165, 1.54) is 12.1 Å². The van der Waals surface area contributed by atoms with Crippen LogP contribution in [0, 0.1) is 12.3 Å². The zero-order chi connectivity index (χ0) is 19.8. The van der Waals surface area contributed by atoms with E-state index in [1.54, 1.807) is 31.4 Å². The predicted octanol–water partition coefficient (Wildman–Crippen LogP) is 4.20. The summed E-state index contributed by atoms with van der Waals surface area (Å²) in [6.07, 6.45) is 5.94. The Morgan fingerprint density at radius 2 is 1.46 bits per heavy atom. The van der Waals surface area contributed by atoms with Gasteiger partial charge in [0.15, 0.2) is 0 Å². The van der Waals surface area contributed by atoms with Crippen LogP contribution >= 0.6 is 0 Å². The van der Waals surface area contributed by atoms with Crippen LogP contribution in [0.1, 0.15) is 44.4 Å². The van der Waals surface area contributed by atoms with Crippen LogP contribution in [0.4, 0.5) is 0 Å². The van der Waals surface area contributed by atoms with Crippen LogP contribution in [0.25, 0.3) is 0 Å². The number of ether oxygens (including phenoxy) is 1. The minimum absolute atomic E-state index is 0.119. The van der Waals surface area contributed by atoms with Crippen LogP contribution in [0.3, 0.4) is 0 Å². The van der Waals surface area contributed by atoms with Gasteiger partial charge in [0.1, 0.15) is 17.2 Å². The molecule has 0 radical (unpaired) electrons. The Bertz CT molecular complexity index is 1050. The number of phenolic OH excluding ortho intramolecular Hbond substituents is 2. The first-order valence-electron chi connectivity index (χ1n) is 8.85. The monoisotopic (exact) mass is 370 g/mol. The van der Waals surface area contributed by atoms with Crippen LogP contribution in [-0.2, 0) is 0 Å². The van der Waals surface area contributed by atoms with Crippen molar-refractivity contribution in [1.29, 1.82) is 0 Å². The van der Waals surface area contributed by atoms with Gasteiger partial charge in [-0.15, -0.1) is 6.42 Å². The molecule has 1 aliphatic carbocycles. The SMILES string of the molecule is C#C[C@@H](c1ccc(OC)cc1)C1c2cccc(O)c2C(=O)c2c(O)cccc21. The third-order valence-electron chi connectivity index (χ3n) is 5.26. The highest BCUT2D eigenvalue weighted by molar-refractivity contribution is 6.16. The zero-order valence-corrected chi connectivity index (χ0v) is 15.2. The minimum atomic E-state index is -0.403. The minimum Gasteiger partial charge on any atom is -0.507 e. The number of hydrogen-bond acceptors (Lipinski definition) is 4. The van der Waals surface area contributed by atoms with Crippen molar-refractivity contribution in [2.45, 2.75) is 11.8 Å². The molecule has 0 aromatic heterocycles. The van der Waals surface area contributed by atoms with Crippen LogP contribution in [0.2, 0.25) is 0 Å². The van der Waals surface area contributed by atoms with E-state index in [0.29, 0.717) is 11.1 Å². The van der Waals surface area contributed by atoms with Crippen LogP contribution in [-0.4, -0.2) is 23.1 Å². The second-order valence-electron chi connectivity index (χ2n) is 6.71. The number of rotatable bonds is 3. The summed E-state index contributed by atoms with van der Waals surface area (Å²) in [6, 6.07) is 17.4. The molecular weight excluding hydrogens is 352 g/mol. The van der Waals surface area contributed by atoms with Crippen molar-refractivity contribution in [3.8, 4) is 29.6 Å². The molecule has 3 aromatic rings. The van der Waals surface area contributed by atoms with Crippen LogP contribution in [0.15, 0.2) is 60.7 Å². The average Bonchev–Trinajstić information content (AvgIpc) is 2.71. The van der Waals surface area contributed by atoms with E-state index in [2.05, 4.69) is 5.92 Å². The molecule has 1 atom stereocenters. The van der Waals surface area contributed by atoms with E-state index in [9.17, 15) is 15.0 Å². The van der Waals surface area contributed by atoms with Crippen molar-refractivity contribution in [3.05, 3.63) is 88.5 Å². The Kier molecular flexibility index (Phi) is 4.29. The summed E-state index contributed by atoms with van der Waals surface area (Å²) in [4.78, 5) is 13.0. The van der Waals surface area contributed by atoms with Crippen molar-refractivity contribution in [1.82, 2.24) is 0 Å². The maximum atomic E-state index is 13.0. The second kappa shape index (κ2) is 6.79. The molecule has 138 valence electrons. The zero-order valence-electron chi connectivity index (χ0n) is 15.2. The van der Waals surface area contributed by atoms with E-state index in [-0.39, 0.29) is 28.5 Å². The standard InChI is InChI=1S/C24H18O4/c1-3-16(14-10-12-15(28-2)13-11-14)21-17-6-4-8-19(25)22(17)24(27)23-18(21)7-5-9-20(23)26/h1,4-13,16,21,25-26H,2H3/t16-/m0/s1. The van der Waals surface area contributed by atoms with Crippen molar-refractivity contribution < 1.29 is 19.7 Å². The van der Waals surface area contributed by atoms with Gasteiger partial charge in [0.05, 0.1) is 24.2 Å². The van der Waals surface area contributed by atoms with Gasteiger partial charge in [0.25, 0.3) is 0 Å². The average molecular weight is 370 g/mol. The van der Waals surface area contributed by atoms with E-state index in [0.717, 1.165) is 11.3 Å². The molecule has 1 aliphatic rings. The summed E-state index contributed by atoms with van der Waals surface area (Å²) in [5.74, 6) is 2.13. The lowest BCUT2D eigenvalue weighted by Gasteiger charge is -2.32. The fourth-order valence-corrected chi connectivity index (χ4v) is 3.98. The first-order chi connectivity index (χ1) is 13.6. The quantitative estimate of drug-likeness (QED) is 0.678. The Balaban J connectivity index is 1.97. The Morgan fingerprint density at radius 1 is 0.929 bits per heavy atom. The number of fused-ring (bicyclic) bond motifs is 2. The highest BCUT2D eigenvalue weighted by atomic mass is 16.5. The molecular formula is C24H18O4. The molecule has 0 unspecified atom stereocenters. The lowest BCUT2D eigenvalue weighted by Crippen LogP contribution is -2.24. The van der Waals surface area contributed by atoms with Gasteiger partial charge >= 0.3 is 0 Å². The van der Waals surface area contributed by atoms with Gasteiger partial charge < -0.3 is 14.9 Å². The third-order valence-corrected chi connectivity index (χ3v) is 5.26. The molecule has 0 aliphatic heterocycles. The van der Waals surface area contributed by atoms with Gasteiger partial charge in [-0.3, -0.25) is 4.79 Å². The molecule has 0 heterocycles. The van der Waals surface area contributed by atoms with Gasteiger partial charge in [0.2, 0.25) is 5.78 Å². The van der Waals surface area contributed by atoms with Crippen molar-refractivity contribution >= 4 is 5.78 Å². The highest BCUT2D eigenvalue weighted by Gasteiger charge is 2.38. The van der Waals surface area contributed by atoms with Gasteiger partial charge in [-0.2, -0.15) is 0 Å². The normalized spacial score (nSPS) is 13.9. The van der Waals surface area contributed by atoms with Gasteiger partial charge in [0, 0.05) is 5.92 Å². The van der Waals surface area contributed by atoms with E-state index in [1.807, 2.05) is 24.3 Å². The van der Waals surface area contributed by atoms with Crippen molar-refractivity contribution in [2.75, 3.05) is 7.11 Å². The molecule has 0 saturated heterocycles. The molecule has 0 amide bonds. The second-order valence-corrected chi connectivity index (χ2v) is 6.71. The maximum Gasteiger partial charge on any atom is 0.201 e. The fraction of sp³-hybridized carbons (Fsp3) is 0.125. The smallest absolute Gasteiger partial charge is 0.201 e. The fourth-order valence-electron chi connectivity index (χ4n) is 3.98. The molecule has 0 bridgehead atoms. The number of terminal acetylenes is 1. The van der Waals surface area contributed by atoms with Crippen molar-refractivity contribution in [3.63, 3.8) is 0 Å². The molecule has 4 nitrogen and oxygen atoms in total. The number of ketones is 1. The molecule has 4 heteroatoms. The number of aromatic hydroxyl groups is 2. The lowest BCUT2D eigenvalue weighted by molar-refractivity contribution is 0.102. The van der Waals surface area contributed by atoms with Crippen LogP contribution < -0.4 is 4.74 Å². The van der Waals surface area contributed by atoms with Crippen LogP contribution in [0.5, 0.6) is 17.2 Å². The molecule has 28 heavy (non-hydrogen) atoms. The topological polar surface area (TPSA) is 66.8 Å². The number of hydrogen-bond donors (Lipinski definition) is 2. The molecule has 0 spiro atoms. The largest absolute Gasteiger partial charge is 0.507 e. The number of carbonyl (C=O) groups is 1. The number of methoxy groups -OCH3 is 1. The highest BCUT2D eigenvalue weighted by Crippen LogP contribution is 2.48. The molecule has 0 fully saturated rings. The molecule has 3 aromatic carbocycles. The molecule has 0 saturated carbocycles. The summed E-state index contributed by atoms with van der Waals surface area (Å²) in [6.45, 7) is 0. The van der Waals surface area contributed by atoms with Crippen molar-refractivity contribution in [2.24, 2.45) is 0 Å². The Hall–Kier alpha value is -3.71. The first-order valence-corrected chi connectivity index (χ1v) is 8.85. The first kappa shape index (κ1) is 17.7. The van der Waals surface area contributed by atoms with Gasteiger partial charge in [-0.05, 0) is 41.0 Å². The predicted molar refractivity (Wildman–Crippen MR) is 106 cm³/mol. The van der Waals surface area contributed by atoms with Gasteiger partial charge in [-0.25, -0.2) is 0 Å². The lowest BCUT2D eigenvalue weighted by atomic mass is 9.69. The van der Waals surface area contributed by atoms with E-state index < -0.39 is 11.7 Å². The van der Waals surface area contributed by atoms with E-state index >= 15 is 0 Å². The number of benzene rings is 3. The summed E-state index contributed by atoms with van der Waals surface area (Å²) < 4.78 is 5.22. The summed E-state index contributed by atoms with van der Waals surface area (Å²) in [5.41, 5.74) is 2.57. The maximum absolute atomic E-state index is 13.0. The third kappa shape index (κ3) is 2.60.